The molecule has 1 aliphatic rings. The monoisotopic (exact) mass is 305 g/mol. The second kappa shape index (κ2) is 5.25. The zero-order valence-electron chi connectivity index (χ0n) is 13.4. The molecule has 0 unspecified atom stereocenters. The maximum Gasteiger partial charge on any atom is 0.157 e. The summed E-state index contributed by atoms with van der Waals surface area (Å²) in [7, 11) is 0. The van der Waals surface area contributed by atoms with Crippen LogP contribution in [-0.2, 0) is 0 Å². The Labute approximate surface area is 135 Å². The van der Waals surface area contributed by atoms with Gasteiger partial charge in [0.25, 0.3) is 0 Å². The molecule has 1 fully saturated rings. The summed E-state index contributed by atoms with van der Waals surface area (Å²) in [6.45, 7) is 7.07. The second-order valence-electron chi connectivity index (χ2n) is 6.23. The molecule has 0 aliphatic carbocycles. The van der Waals surface area contributed by atoms with Gasteiger partial charge in [0.1, 0.15) is 11.9 Å². The fraction of sp³-hybridized carbons (Fsp3) is 0.333. The highest BCUT2D eigenvalue weighted by molar-refractivity contribution is 5.85. The zero-order chi connectivity index (χ0) is 16.0. The molecule has 1 atom stereocenters. The number of aryl methyl sites for hydroxylation is 1. The molecule has 116 valence electrons. The van der Waals surface area contributed by atoms with Crippen molar-refractivity contribution in [1.29, 1.82) is 5.26 Å². The first-order valence-corrected chi connectivity index (χ1v) is 7.98. The van der Waals surface area contributed by atoms with Crippen LogP contribution in [-0.4, -0.2) is 35.1 Å². The van der Waals surface area contributed by atoms with E-state index in [1.54, 1.807) is 0 Å². The molecular formula is C18H19N5. The molecule has 1 aliphatic heterocycles. The standard InChI is InChI=1S/C18H19N5/c1-12-9-17(22-8-7-20-13(2)11-22)23-16-6-4-3-5-15(16)21-18(23)14(12)10-19/h3-6,9,13,20H,7-8,11H2,1-2H3/t13-/m0/s1. The largest absolute Gasteiger partial charge is 0.355 e. The number of piperazine rings is 1. The third kappa shape index (κ3) is 2.14. The van der Waals surface area contributed by atoms with E-state index in [-0.39, 0.29) is 0 Å². The highest BCUT2D eigenvalue weighted by Crippen LogP contribution is 2.29. The summed E-state index contributed by atoms with van der Waals surface area (Å²) in [6.07, 6.45) is 0. The molecular weight excluding hydrogens is 286 g/mol. The minimum Gasteiger partial charge on any atom is -0.355 e. The number of fused-ring (bicyclic) bond motifs is 3. The average molecular weight is 305 g/mol. The van der Waals surface area contributed by atoms with Crippen molar-refractivity contribution in [1.82, 2.24) is 14.7 Å². The van der Waals surface area contributed by atoms with Crippen molar-refractivity contribution in [3.63, 3.8) is 0 Å². The Balaban J connectivity index is 2.05. The summed E-state index contributed by atoms with van der Waals surface area (Å²) in [5.41, 5.74) is 4.39. The van der Waals surface area contributed by atoms with E-state index in [2.05, 4.69) is 39.7 Å². The highest BCUT2D eigenvalue weighted by atomic mass is 15.3. The summed E-state index contributed by atoms with van der Waals surface area (Å²) in [5, 5.41) is 13.0. The number of benzene rings is 1. The van der Waals surface area contributed by atoms with Crippen molar-refractivity contribution in [2.75, 3.05) is 24.5 Å². The molecule has 0 spiro atoms. The van der Waals surface area contributed by atoms with Gasteiger partial charge < -0.3 is 10.2 Å². The van der Waals surface area contributed by atoms with Crippen LogP contribution in [0.5, 0.6) is 0 Å². The van der Waals surface area contributed by atoms with Crippen LogP contribution in [0.25, 0.3) is 16.7 Å². The summed E-state index contributed by atoms with van der Waals surface area (Å²) < 4.78 is 2.14. The van der Waals surface area contributed by atoms with Gasteiger partial charge in [0, 0.05) is 25.7 Å². The average Bonchev–Trinajstić information content (AvgIpc) is 2.93. The molecule has 0 amide bonds. The third-order valence-corrected chi connectivity index (χ3v) is 4.56. The van der Waals surface area contributed by atoms with Crippen molar-refractivity contribution in [2.45, 2.75) is 19.9 Å². The van der Waals surface area contributed by atoms with Gasteiger partial charge in [-0.15, -0.1) is 0 Å². The van der Waals surface area contributed by atoms with Gasteiger partial charge in [-0.1, -0.05) is 12.1 Å². The van der Waals surface area contributed by atoms with Crippen LogP contribution in [0.1, 0.15) is 18.1 Å². The number of pyridine rings is 1. The van der Waals surface area contributed by atoms with E-state index in [4.69, 9.17) is 4.98 Å². The Hall–Kier alpha value is -2.58. The van der Waals surface area contributed by atoms with E-state index in [0.29, 0.717) is 11.6 Å². The number of aromatic nitrogens is 2. The first kappa shape index (κ1) is 14.0. The Morgan fingerprint density at radius 1 is 1.35 bits per heavy atom. The van der Waals surface area contributed by atoms with E-state index in [1.165, 1.54) is 0 Å². The number of anilines is 1. The van der Waals surface area contributed by atoms with Crippen molar-refractivity contribution < 1.29 is 0 Å². The normalized spacial score (nSPS) is 18.5. The lowest BCUT2D eigenvalue weighted by Crippen LogP contribution is -2.49. The molecule has 1 saturated heterocycles. The van der Waals surface area contributed by atoms with Crippen molar-refractivity contribution in [3.8, 4) is 6.07 Å². The minimum absolute atomic E-state index is 0.449. The lowest BCUT2D eigenvalue weighted by molar-refractivity contribution is 0.481. The topological polar surface area (TPSA) is 56.4 Å². The molecule has 0 saturated carbocycles. The number of para-hydroxylation sites is 2. The third-order valence-electron chi connectivity index (χ3n) is 4.56. The number of hydrogen-bond donors (Lipinski definition) is 1. The molecule has 1 aromatic carbocycles. The summed E-state index contributed by atoms with van der Waals surface area (Å²) in [4.78, 5) is 7.10. The minimum atomic E-state index is 0.449. The van der Waals surface area contributed by atoms with Gasteiger partial charge in [0.05, 0.1) is 16.6 Å². The molecule has 0 bridgehead atoms. The first-order valence-electron chi connectivity index (χ1n) is 7.98. The van der Waals surface area contributed by atoms with E-state index in [1.807, 2.05) is 25.1 Å². The van der Waals surface area contributed by atoms with Crippen LogP contribution in [0.3, 0.4) is 0 Å². The maximum atomic E-state index is 9.56. The number of imidazole rings is 1. The highest BCUT2D eigenvalue weighted by Gasteiger charge is 2.22. The number of hydrogen-bond acceptors (Lipinski definition) is 4. The molecule has 0 radical (unpaired) electrons. The summed E-state index contributed by atoms with van der Waals surface area (Å²) in [6, 6.07) is 13.0. The quantitative estimate of drug-likeness (QED) is 0.750. The fourth-order valence-electron chi connectivity index (χ4n) is 3.44. The van der Waals surface area contributed by atoms with Crippen molar-refractivity contribution in [3.05, 3.63) is 41.5 Å². The Bertz CT molecular complexity index is 934. The number of rotatable bonds is 1. The molecule has 2 aromatic heterocycles. The van der Waals surface area contributed by atoms with Crippen LogP contribution >= 0.6 is 0 Å². The zero-order valence-corrected chi connectivity index (χ0v) is 13.4. The van der Waals surface area contributed by atoms with Gasteiger partial charge in [-0.05, 0) is 37.6 Å². The van der Waals surface area contributed by atoms with Gasteiger partial charge in [-0.2, -0.15) is 5.26 Å². The lowest BCUT2D eigenvalue weighted by atomic mass is 10.1. The van der Waals surface area contributed by atoms with Crippen LogP contribution in [0, 0.1) is 18.3 Å². The van der Waals surface area contributed by atoms with Crippen LogP contribution in [0.4, 0.5) is 5.82 Å². The number of nitrogens with zero attached hydrogens (tertiary/aromatic N) is 4. The van der Waals surface area contributed by atoms with Gasteiger partial charge >= 0.3 is 0 Å². The predicted octanol–water partition coefficient (Wildman–Crippen LogP) is 2.47. The molecule has 3 heterocycles. The van der Waals surface area contributed by atoms with Gasteiger partial charge in [0.2, 0.25) is 0 Å². The predicted molar refractivity (Wildman–Crippen MR) is 91.8 cm³/mol. The van der Waals surface area contributed by atoms with E-state index in [0.717, 1.165) is 47.7 Å². The molecule has 23 heavy (non-hydrogen) atoms. The Kier molecular flexibility index (Phi) is 3.21. The van der Waals surface area contributed by atoms with Crippen LogP contribution < -0.4 is 10.2 Å². The lowest BCUT2D eigenvalue weighted by Gasteiger charge is -2.34. The molecule has 5 nitrogen and oxygen atoms in total. The smallest absolute Gasteiger partial charge is 0.157 e. The van der Waals surface area contributed by atoms with Gasteiger partial charge in [-0.25, -0.2) is 4.98 Å². The molecule has 3 aromatic rings. The molecule has 5 heteroatoms. The van der Waals surface area contributed by atoms with Crippen LogP contribution in [0.15, 0.2) is 30.3 Å². The van der Waals surface area contributed by atoms with Gasteiger partial charge in [0.15, 0.2) is 5.65 Å². The first-order chi connectivity index (χ1) is 11.2. The van der Waals surface area contributed by atoms with Crippen molar-refractivity contribution >= 4 is 22.5 Å². The summed E-state index contributed by atoms with van der Waals surface area (Å²) in [5.74, 6) is 1.12. The molecule has 4 rings (SSSR count). The molecule has 1 N–H and O–H groups in total. The number of nitriles is 1. The van der Waals surface area contributed by atoms with Crippen molar-refractivity contribution in [2.24, 2.45) is 0 Å². The van der Waals surface area contributed by atoms with E-state index in [9.17, 15) is 5.26 Å². The fourth-order valence-corrected chi connectivity index (χ4v) is 3.44. The Morgan fingerprint density at radius 3 is 2.96 bits per heavy atom. The Morgan fingerprint density at radius 2 is 2.17 bits per heavy atom. The second-order valence-corrected chi connectivity index (χ2v) is 6.23. The van der Waals surface area contributed by atoms with E-state index < -0.39 is 0 Å². The summed E-state index contributed by atoms with van der Waals surface area (Å²) >= 11 is 0. The number of nitrogens with one attached hydrogen (secondary N) is 1. The van der Waals surface area contributed by atoms with Gasteiger partial charge in [-0.3, -0.25) is 4.40 Å². The maximum absolute atomic E-state index is 9.56. The van der Waals surface area contributed by atoms with E-state index >= 15 is 0 Å². The SMILES string of the molecule is Cc1cc(N2CCN[C@@H](C)C2)n2c(nc3ccccc32)c1C#N. The van der Waals surface area contributed by atoms with Crippen LogP contribution in [0.2, 0.25) is 0 Å².